The molecular formula is C18H18N4O2S. The van der Waals surface area contributed by atoms with Crippen LogP contribution in [-0.4, -0.2) is 31.5 Å². The molecule has 0 radical (unpaired) electrons. The summed E-state index contributed by atoms with van der Waals surface area (Å²) in [5.41, 5.74) is 2.73. The molecule has 7 heteroatoms. The van der Waals surface area contributed by atoms with Gasteiger partial charge in [0.1, 0.15) is 5.75 Å². The fraction of sp³-hybridized carbons (Fsp3) is 0.167. The van der Waals surface area contributed by atoms with Gasteiger partial charge in [0, 0.05) is 18.3 Å². The van der Waals surface area contributed by atoms with Crippen molar-refractivity contribution in [1.82, 2.24) is 14.8 Å². The zero-order valence-corrected chi connectivity index (χ0v) is 14.7. The molecular weight excluding hydrogens is 336 g/mol. The third-order valence-corrected chi connectivity index (χ3v) is 4.61. The van der Waals surface area contributed by atoms with Crippen LogP contribution in [0.3, 0.4) is 0 Å². The van der Waals surface area contributed by atoms with Gasteiger partial charge >= 0.3 is 0 Å². The Hall–Kier alpha value is -2.80. The summed E-state index contributed by atoms with van der Waals surface area (Å²) in [5.74, 6) is 1.04. The zero-order chi connectivity index (χ0) is 17.8. The maximum Gasteiger partial charge on any atom is 0.234 e. The molecule has 0 spiro atoms. The Bertz CT molecular complexity index is 890. The quantitative estimate of drug-likeness (QED) is 0.688. The van der Waals surface area contributed by atoms with E-state index in [9.17, 15) is 9.90 Å². The number of aryl methyl sites for hydroxylation is 1. The third-order valence-electron chi connectivity index (χ3n) is 3.59. The van der Waals surface area contributed by atoms with E-state index in [0.29, 0.717) is 11.0 Å². The molecule has 3 aromatic rings. The molecule has 0 unspecified atom stereocenters. The highest BCUT2D eigenvalue weighted by atomic mass is 32.2. The maximum atomic E-state index is 12.1. The van der Waals surface area contributed by atoms with E-state index in [0.717, 1.165) is 16.8 Å². The second kappa shape index (κ2) is 7.40. The van der Waals surface area contributed by atoms with Gasteiger partial charge < -0.3 is 15.0 Å². The number of phenolic OH excluding ortho intramolecular Hbond substituents is 1. The van der Waals surface area contributed by atoms with Crippen LogP contribution < -0.4 is 5.32 Å². The summed E-state index contributed by atoms with van der Waals surface area (Å²) in [6.07, 6.45) is 0. The second-order valence-corrected chi connectivity index (χ2v) is 6.56. The van der Waals surface area contributed by atoms with Crippen LogP contribution in [0.1, 0.15) is 5.56 Å². The number of hydrogen-bond donors (Lipinski definition) is 2. The minimum Gasteiger partial charge on any atom is -0.508 e. The minimum atomic E-state index is -0.0928. The smallest absolute Gasteiger partial charge is 0.234 e. The van der Waals surface area contributed by atoms with E-state index >= 15 is 0 Å². The van der Waals surface area contributed by atoms with Crippen molar-refractivity contribution < 1.29 is 9.90 Å². The molecule has 2 aromatic carbocycles. The standard InChI is InChI=1S/C18H18N4O2S/c1-12-4-3-5-14(10-12)19-16(24)11-25-18-21-20-17(22(18)2)13-6-8-15(23)9-7-13/h3-10,23H,11H2,1-2H3,(H,19,24). The summed E-state index contributed by atoms with van der Waals surface area (Å²) in [5, 5.41) is 21.2. The molecule has 0 aliphatic rings. The van der Waals surface area contributed by atoms with E-state index in [2.05, 4.69) is 15.5 Å². The minimum absolute atomic E-state index is 0.0928. The summed E-state index contributed by atoms with van der Waals surface area (Å²) >= 11 is 1.33. The fourth-order valence-corrected chi connectivity index (χ4v) is 3.06. The van der Waals surface area contributed by atoms with Crippen molar-refractivity contribution >= 4 is 23.4 Å². The van der Waals surface area contributed by atoms with Gasteiger partial charge in [-0.3, -0.25) is 4.79 Å². The van der Waals surface area contributed by atoms with Gasteiger partial charge in [-0.1, -0.05) is 23.9 Å². The van der Waals surface area contributed by atoms with Crippen molar-refractivity contribution in [2.45, 2.75) is 12.1 Å². The van der Waals surface area contributed by atoms with Crippen LogP contribution in [0, 0.1) is 6.92 Å². The topological polar surface area (TPSA) is 80.0 Å². The van der Waals surface area contributed by atoms with Crippen LogP contribution in [0.4, 0.5) is 5.69 Å². The summed E-state index contributed by atoms with van der Waals surface area (Å²) in [6, 6.07) is 14.4. The van der Waals surface area contributed by atoms with E-state index in [-0.39, 0.29) is 17.4 Å². The number of amides is 1. The zero-order valence-electron chi connectivity index (χ0n) is 13.9. The Balaban J connectivity index is 1.64. The largest absolute Gasteiger partial charge is 0.508 e. The van der Waals surface area contributed by atoms with E-state index in [1.165, 1.54) is 11.8 Å². The van der Waals surface area contributed by atoms with Gasteiger partial charge in [0.15, 0.2) is 11.0 Å². The van der Waals surface area contributed by atoms with Crippen LogP contribution in [0.2, 0.25) is 0 Å². The normalized spacial score (nSPS) is 10.6. The second-order valence-electron chi connectivity index (χ2n) is 5.62. The van der Waals surface area contributed by atoms with Gasteiger partial charge in [-0.15, -0.1) is 10.2 Å². The molecule has 0 saturated carbocycles. The van der Waals surface area contributed by atoms with Gasteiger partial charge in [-0.2, -0.15) is 0 Å². The first-order chi connectivity index (χ1) is 12.0. The molecule has 0 fully saturated rings. The number of benzene rings is 2. The van der Waals surface area contributed by atoms with Gasteiger partial charge in [-0.25, -0.2) is 0 Å². The molecule has 1 amide bonds. The number of nitrogens with one attached hydrogen (secondary N) is 1. The molecule has 1 heterocycles. The van der Waals surface area contributed by atoms with E-state index < -0.39 is 0 Å². The van der Waals surface area contributed by atoms with Gasteiger partial charge in [0.05, 0.1) is 5.75 Å². The molecule has 6 nitrogen and oxygen atoms in total. The van der Waals surface area contributed by atoms with Crippen LogP contribution in [0.5, 0.6) is 5.75 Å². The summed E-state index contributed by atoms with van der Waals surface area (Å²) < 4.78 is 1.83. The number of hydrogen-bond acceptors (Lipinski definition) is 5. The summed E-state index contributed by atoms with van der Waals surface area (Å²) in [4.78, 5) is 12.1. The number of aromatic nitrogens is 3. The third kappa shape index (κ3) is 4.19. The highest BCUT2D eigenvalue weighted by Crippen LogP contribution is 2.24. The SMILES string of the molecule is Cc1cccc(NC(=O)CSc2nnc(-c3ccc(O)cc3)n2C)c1. The van der Waals surface area contributed by atoms with Crippen molar-refractivity contribution in [1.29, 1.82) is 0 Å². The average molecular weight is 354 g/mol. The number of carbonyl (C=O) groups excluding carboxylic acids is 1. The molecule has 0 aliphatic heterocycles. The molecule has 1 aromatic heterocycles. The highest BCUT2D eigenvalue weighted by Gasteiger charge is 2.13. The molecule has 3 rings (SSSR count). The number of anilines is 1. The number of nitrogens with zero attached hydrogens (tertiary/aromatic N) is 3. The monoisotopic (exact) mass is 354 g/mol. The Morgan fingerprint density at radius 2 is 1.96 bits per heavy atom. The first-order valence-electron chi connectivity index (χ1n) is 7.71. The lowest BCUT2D eigenvalue weighted by molar-refractivity contribution is -0.113. The predicted molar refractivity (Wildman–Crippen MR) is 98.6 cm³/mol. The van der Waals surface area contributed by atoms with E-state index in [1.807, 2.05) is 42.8 Å². The molecule has 0 saturated heterocycles. The molecule has 0 atom stereocenters. The van der Waals surface area contributed by atoms with Crippen LogP contribution in [0.25, 0.3) is 11.4 Å². The molecule has 0 aliphatic carbocycles. The van der Waals surface area contributed by atoms with Gasteiger partial charge in [0.25, 0.3) is 0 Å². The molecule has 2 N–H and O–H groups in total. The predicted octanol–water partition coefficient (Wildman–Crippen LogP) is 3.23. The number of rotatable bonds is 5. The Labute approximate surface area is 149 Å². The number of thioether (sulfide) groups is 1. The Morgan fingerprint density at radius 3 is 2.68 bits per heavy atom. The lowest BCUT2D eigenvalue weighted by Gasteiger charge is -2.06. The highest BCUT2D eigenvalue weighted by molar-refractivity contribution is 7.99. The number of phenols is 1. The van der Waals surface area contributed by atoms with Gasteiger partial charge in [0.2, 0.25) is 5.91 Å². The molecule has 0 bridgehead atoms. The maximum absolute atomic E-state index is 12.1. The van der Waals surface area contributed by atoms with Crippen molar-refractivity contribution in [2.75, 3.05) is 11.1 Å². The van der Waals surface area contributed by atoms with E-state index in [1.54, 1.807) is 24.3 Å². The molecule has 25 heavy (non-hydrogen) atoms. The lowest BCUT2D eigenvalue weighted by Crippen LogP contribution is -2.14. The lowest BCUT2D eigenvalue weighted by atomic mass is 10.2. The summed E-state index contributed by atoms with van der Waals surface area (Å²) in [6.45, 7) is 1.98. The average Bonchev–Trinajstić information content (AvgIpc) is 2.94. The Morgan fingerprint density at radius 1 is 1.20 bits per heavy atom. The first-order valence-corrected chi connectivity index (χ1v) is 8.69. The number of carbonyl (C=O) groups is 1. The molecule has 128 valence electrons. The van der Waals surface area contributed by atoms with E-state index in [4.69, 9.17) is 0 Å². The fourth-order valence-electron chi connectivity index (χ4n) is 2.35. The Kier molecular flexibility index (Phi) is 5.04. The van der Waals surface area contributed by atoms with Crippen molar-refractivity contribution in [2.24, 2.45) is 7.05 Å². The van der Waals surface area contributed by atoms with Gasteiger partial charge in [-0.05, 0) is 48.9 Å². The van der Waals surface area contributed by atoms with Crippen molar-refractivity contribution in [3.63, 3.8) is 0 Å². The van der Waals surface area contributed by atoms with Crippen LogP contribution in [-0.2, 0) is 11.8 Å². The van der Waals surface area contributed by atoms with Crippen molar-refractivity contribution in [3.8, 4) is 17.1 Å². The van der Waals surface area contributed by atoms with Crippen molar-refractivity contribution in [3.05, 3.63) is 54.1 Å². The first kappa shape index (κ1) is 17.0. The summed E-state index contributed by atoms with van der Waals surface area (Å²) in [7, 11) is 1.85. The number of aromatic hydroxyl groups is 1. The van der Waals surface area contributed by atoms with Crippen LogP contribution in [0.15, 0.2) is 53.7 Å². The van der Waals surface area contributed by atoms with Crippen LogP contribution >= 0.6 is 11.8 Å².